The first-order chi connectivity index (χ1) is 11.8. The van der Waals surface area contributed by atoms with Crippen molar-refractivity contribution in [2.75, 3.05) is 19.6 Å². The number of hydrogen-bond donors (Lipinski definition) is 1. The normalized spacial score (nSPS) is 19.7. The van der Waals surface area contributed by atoms with E-state index in [0.29, 0.717) is 6.04 Å². The highest BCUT2D eigenvalue weighted by Crippen LogP contribution is 2.28. The van der Waals surface area contributed by atoms with Crippen LogP contribution in [0.5, 0.6) is 0 Å². The Hall–Kier alpha value is -1.65. The van der Waals surface area contributed by atoms with Gasteiger partial charge in [-0.25, -0.2) is 0 Å². The Balaban J connectivity index is 1.27. The minimum absolute atomic E-state index is 0.708. The van der Waals surface area contributed by atoms with Gasteiger partial charge >= 0.3 is 0 Å². The number of rotatable bonds is 6. The Morgan fingerprint density at radius 1 is 1.12 bits per heavy atom. The molecule has 2 heterocycles. The zero-order chi connectivity index (χ0) is 16.4. The molecule has 1 saturated carbocycles. The van der Waals surface area contributed by atoms with Gasteiger partial charge in [0.2, 0.25) is 0 Å². The molecular weight excluding hydrogens is 298 g/mol. The third-order valence-corrected chi connectivity index (χ3v) is 5.27. The number of piperidine rings is 1. The van der Waals surface area contributed by atoms with Crippen LogP contribution in [-0.2, 0) is 6.54 Å². The molecule has 1 saturated heterocycles. The largest absolute Gasteiger partial charge is 0.359 e. The summed E-state index contributed by atoms with van der Waals surface area (Å²) in [4.78, 5) is 2.48. The van der Waals surface area contributed by atoms with Crippen molar-refractivity contribution >= 4 is 0 Å². The zero-order valence-corrected chi connectivity index (χ0v) is 14.5. The van der Waals surface area contributed by atoms with E-state index in [2.05, 4.69) is 52.6 Å². The van der Waals surface area contributed by atoms with Crippen LogP contribution >= 0.6 is 0 Å². The van der Waals surface area contributed by atoms with E-state index in [9.17, 15) is 0 Å². The van der Waals surface area contributed by atoms with E-state index in [-0.39, 0.29) is 0 Å². The van der Waals surface area contributed by atoms with E-state index in [4.69, 9.17) is 4.52 Å². The first-order valence-electron chi connectivity index (χ1n) is 9.24. The number of nitrogens with zero attached hydrogens (tertiary/aromatic N) is 2. The smallest absolute Gasteiger partial charge is 0.151 e. The zero-order valence-electron chi connectivity index (χ0n) is 14.5. The second-order valence-electron chi connectivity index (χ2n) is 7.45. The molecule has 2 fully saturated rings. The monoisotopic (exact) mass is 325 g/mol. The maximum absolute atomic E-state index is 5.56. The summed E-state index contributed by atoms with van der Waals surface area (Å²) in [7, 11) is 0. The summed E-state index contributed by atoms with van der Waals surface area (Å²) in [5, 5.41) is 7.97. The second kappa shape index (κ2) is 7.08. The molecule has 0 radical (unpaired) electrons. The van der Waals surface area contributed by atoms with Crippen molar-refractivity contribution in [2.24, 2.45) is 5.92 Å². The van der Waals surface area contributed by atoms with E-state index >= 15 is 0 Å². The van der Waals surface area contributed by atoms with Crippen LogP contribution in [0.1, 0.15) is 37.0 Å². The molecule has 1 aliphatic heterocycles. The van der Waals surface area contributed by atoms with Crippen LogP contribution in [0, 0.1) is 12.8 Å². The fourth-order valence-electron chi connectivity index (χ4n) is 3.42. The van der Waals surface area contributed by atoms with Crippen molar-refractivity contribution in [3.05, 3.63) is 41.7 Å². The molecule has 1 aliphatic carbocycles. The van der Waals surface area contributed by atoms with Crippen LogP contribution < -0.4 is 5.32 Å². The Morgan fingerprint density at radius 2 is 1.88 bits per heavy atom. The highest BCUT2D eigenvalue weighted by atomic mass is 16.5. The standard InChI is InChI=1S/C20H27N3O/c1-15-2-6-17(7-3-15)20-12-19(24-22-20)14-23-10-8-18(9-11-23)21-13-16-4-5-16/h2-3,6-7,12,16,18,21H,4-5,8-11,13-14H2,1H3. The first kappa shape index (κ1) is 15.9. The molecule has 0 spiro atoms. The molecule has 0 amide bonds. The lowest BCUT2D eigenvalue weighted by molar-refractivity contribution is 0.173. The fraction of sp³-hybridized carbons (Fsp3) is 0.550. The maximum Gasteiger partial charge on any atom is 0.151 e. The van der Waals surface area contributed by atoms with Gasteiger partial charge in [0.1, 0.15) is 5.69 Å². The topological polar surface area (TPSA) is 41.3 Å². The van der Waals surface area contributed by atoms with Crippen LogP contribution in [0.3, 0.4) is 0 Å². The predicted molar refractivity (Wildman–Crippen MR) is 95.7 cm³/mol. The van der Waals surface area contributed by atoms with Gasteiger partial charge < -0.3 is 9.84 Å². The Labute approximate surface area is 144 Å². The van der Waals surface area contributed by atoms with Crippen molar-refractivity contribution in [1.29, 1.82) is 0 Å². The molecule has 0 atom stereocenters. The van der Waals surface area contributed by atoms with Gasteiger partial charge in [-0.15, -0.1) is 0 Å². The molecular formula is C20H27N3O. The summed E-state index contributed by atoms with van der Waals surface area (Å²) >= 11 is 0. The number of aromatic nitrogens is 1. The van der Waals surface area contributed by atoms with E-state index in [0.717, 1.165) is 42.6 Å². The summed E-state index contributed by atoms with van der Waals surface area (Å²) in [6, 6.07) is 11.2. The average molecular weight is 325 g/mol. The maximum atomic E-state index is 5.56. The molecule has 1 aromatic carbocycles. The third-order valence-electron chi connectivity index (χ3n) is 5.27. The number of aryl methyl sites for hydroxylation is 1. The quantitative estimate of drug-likeness (QED) is 0.881. The molecule has 0 unspecified atom stereocenters. The third kappa shape index (κ3) is 4.05. The van der Waals surface area contributed by atoms with Crippen molar-refractivity contribution in [3.8, 4) is 11.3 Å². The number of benzene rings is 1. The minimum atomic E-state index is 0.708. The van der Waals surface area contributed by atoms with E-state index in [1.165, 1.54) is 37.8 Å². The van der Waals surface area contributed by atoms with Crippen LogP contribution in [0.4, 0.5) is 0 Å². The average Bonchev–Trinajstić information content (AvgIpc) is 3.33. The number of nitrogens with one attached hydrogen (secondary N) is 1. The molecule has 4 rings (SSSR count). The van der Waals surface area contributed by atoms with Gasteiger partial charge in [0.05, 0.1) is 6.54 Å². The summed E-state index contributed by atoms with van der Waals surface area (Å²) in [6.07, 6.45) is 5.35. The number of hydrogen-bond acceptors (Lipinski definition) is 4. The first-order valence-corrected chi connectivity index (χ1v) is 9.24. The van der Waals surface area contributed by atoms with Gasteiger partial charge in [-0.1, -0.05) is 35.0 Å². The van der Waals surface area contributed by atoms with Gasteiger partial charge in [0, 0.05) is 30.8 Å². The van der Waals surface area contributed by atoms with Crippen molar-refractivity contribution < 1.29 is 4.52 Å². The Morgan fingerprint density at radius 3 is 2.58 bits per heavy atom. The van der Waals surface area contributed by atoms with Crippen LogP contribution in [0.15, 0.2) is 34.9 Å². The lowest BCUT2D eigenvalue weighted by Gasteiger charge is -2.31. The molecule has 24 heavy (non-hydrogen) atoms. The summed E-state index contributed by atoms with van der Waals surface area (Å²) < 4.78 is 5.56. The molecule has 128 valence electrons. The van der Waals surface area contributed by atoms with E-state index in [1.54, 1.807) is 0 Å². The van der Waals surface area contributed by atoms with Crippen LogP contribution in [-0.4, -0.2) is 35.7 Å². The molecule has 2 aromatic rings. The SMILES string of the molecule is Cc1ccc(-c2cc(CN3CCC(NCC4CC4)CC3)on2)cc1. The molecule has 4 heteroatoms. The van der Waals surface area contributed by atoms with E-state index < -0.39 is 0 Å². The molecule has 4 nitrogen and oxygen atoms in total. The fourth-order valence-corrected chi connectivity index (χ4v) is 3.42. The Bertz CT molecular complexity index is 652. The van der Waals surface area contributed by atoms with Gasteiger partial charge in [0.25, 0.3) is 0 Å². The predicted octanol–water partition coefficient (Wildman–Crippen LogP) is 3.61. The summed E-state index contributed by atoms with van der Waals surface area (Å²) in [5.74, 6) is 1.94. The highest BCUT2D eigenvalue weighted by molar-refractivity contribution is 5.59. The van der Waals surface area contributed by atoms with Crippen molar-refractivity contribution in [2.45, 2.75) is 45.2 Å². The summed E-state index contributed by atoms with van der Waals surface area (Å²) in [6.45, 7) is 6.48. The van der Waals surface area contributed by atoms with Crippen molar-refractivity contribution in [1.82, 2.24) is 15.4 Å². The van der Waals surface area contributed by atoms with Gasteiger partial charge in [0.15, 0.2) is 5.76 Å². The molecule has 1 aromatic heterocycles. The molecule has 0 bridgehead atoms. The van der Waals surface area contributed by atoms with Gasteiger partial charge in [-0.2, -0.15) is 0 Å². The van der Waals surface area contributed by atoms with Crippen molar-refractivity contribution in [3.63, 3.8) is 0 Å². The lowest BCUT2D eigenvalue weighted by atomic mass is 10.0. The second-order valence-corrected chi connectivity index (χ2v) is 7.45. The van der Waals surface area contributed by atoms with E-state index in [1.807, 2.05) is 0 Å². The van der Waals surface area contributed by atoms with Gasteiger partial charge in [-0.3, -0.25) is 4.90 Å². The number of likely N-dealkylation sites (tertiary alicyclic amines) is 1. The Kier molecular flexibility index (Phi) is 4.67. The molecule has 1 N–H and O–H groups in total. The lowest BCUT2D eigenvalue weighted by Crippen LogP contribution is -2.42. The highest BCUT2D eigenvalue weighted by Gasteiger charge is 2.24. The summed E-state index contributed by atoms with van der Waals surface area (Å²) in [5.41, 5.74) is 3.32. The van der Waals surface area contributed by atoms with Gasteiger partial charge in [-0.05, 0) is 45.1 Å². The minimum Gasteiger partial charge on any atom is -0.359 e. The van der Waals surface area contributed by atoms with Crippen LogP contribution in [0.2, 0.25) is 0 Å². The molecule has 2 aliphatic rings. The van der Waals surface area contributed by atoms with Crippen LogP contribution in [0.25, 0.3) is 11.3 Å².